The van der Waals surface area contributed by atoms with E-state index in [4.69, 9.17) is 81.1 Å². The molecule has 0 rings (SSSR count). The van der Waals surface area contributed by atoms with Gasteiger partial charge in [-0.05, 0) is 6.92 Å². The van der Waals surface area contributed by atoms with Gasteiger partial charge in [0.1, 0.15) is 0 Å². The van der Waals surface area contributed by atoms with Crippen LogP contribution in [0.4, 0.5) is 0 Å². The van der Waals surface area contributed by atoms with Crippen molar-refractivity contribution in [1.29, 1.82) is 0 Å². The maximum atomic E-state index is 5.04. The Kier molecular flexibility index (Phi) is 8.43. The summed E-state index contributed by atoms with van der Waals surface area (Å²) in [6.07, 6.45) is 1.31. The van der Waals surface area contributed by atoms with Crippen molar-refractivity contribution in [3.8, 4) is 0 Å². The molecule has 0 amide bonds. The molecule has 123 valence electrons. The second kappa shape index (κ2) is 7.49. The molecular weight excluding hydrogens is 488 g/mol. The Morgan fingerprint density at radius 1 is 0.800 bits per heavy atom. The van der Waals surface area contributed by atoms with Gasteiger partial charge in [-0.25, -0.2) is 0 Å². The molecule has 0 heterocycles. The molecule has 0 fully saturated rings. The molecule has 8 N–H and O–H groups in total. The minimum atomic E-state index is -5.15. The van der Waals surface area contributed by atoms with Crippen molar-refractivity contribution in [3.05, 3.63) is 0 Å². The van der Waals surface area contributed by atoms with Gasteiger partial charge in [-0.2, -0.15) is 10.2 Å². The Bertz CT molecular complexity index is 427. The van der Waals surface area contributed by atoms with Crippen molar-refractivity contribution < 1.29 is 6.48 Å². The van der Waals surface area contributed by atoms with Crippen LogP contribution in [0.5, 0.6) is 0 Å². The van der Waals surface area contributed by atoms with E-state index in [1.807, 2.05) is 0 Å². The average molecular weight is 500 g/mol. The summed E-state index contributed by atoms with van der Waals surface area (Å²) in [5.41, 5.74) is 20.5. The number of nitrogens with zero attached hydrogens (tertiary/aromatic N) is 4. The molecule has 20 heavy (non-hydrogen) atoms. The SMILES string of the molecule is CC(/C=N/N=C(N)N)=N\N=C(N)N.[Cl][Rh]([Cl])([Cl])([Cl])([Cl])[Cl]. The normalized spacial score (nSPS) is 15.4. The van der Waals surface area contributed by atoms with E-state index >= 15 is 0 Å². The second-order valence-corrected chi connectivity index (χ2v) is 40.1. The molecule has 0 aliphatic rings. The van der Waals surface area contributed by atoms with E-state index < -0.39 is 6.48 Å². The first-order valence-electron chi connectivity index (χ1n) is 4.03. The zero-order chi connectivity index (χ0) is 16.7. The Morgan fingerprint density at radius 3 is 1.45 bits per heavy atom. The Balaban J connectivity index is 0. The van der Waals surface area contributed by atoms with Gasteiger partial charge in [0.15, 0.2) is 0 Å². The molecule has 0 aliphatic carbocycles. The molecule has 8 nitrogen and oxygen atoms in total. The zero-order valence-corrected chi connectivity index (χ0v) is 16.0. The number of hydrogen-bond acceptors (Lipinski definition) is 4. The van der Waals surface area contributed by atoms with Crippen LogP contribution in [-0.4, -0.2) is 23.8 Å². The molecule has 0 aromatic heterocycles. The van der Waals surface area contributed by atoms with Gasteiger partial charge in [-0.15, -0.1) is 10.2 Å². The molecule has 0 aliphatic heterocycles. The maximum absolute atomic E-state index is 5.15. The molecule has 15 heteroatoms. The number of rotatable bonds is 3. The van der Waals surface area contributed by atoms with E-state index in [1.54, 1.807) is 6.92 Å². The van der Waals surface area contributed by atoms with Crippen LogP contribution in [0.25, 0.3) is 0 Å². The topological polar surface area (TPSA) is 154 Å². The summed E-state index contributed by atoms with van der Waals surface area (Å²) < 4.78 is 0. The Labute approximate surface area is 138 Å². The molecule has 0 radical (unpaired) electrons. The van der Waals surface area contributed by atoms with Crippen LogP contribution < -0.4 is 22.9 Å². The van der Waals surface area contributed by atoms with Gasteiger partial charge in [-0.3, -0.25) is 0 Å². The van der Waals surface area contributed by atoms with Crippen molar-refractivity contribution in [2.24, 2.45) is 43.3 Å². The van der Waals surface area contributed by atoms with Crippen molar-refractivity contribution in [1.82, 2.24) is 0 Å². The predicted octanol–water partition coefficient (Wildman–Crippen LogP) is 2.03. The van der Waals surface area contributed by atoms with Crippen molar-refractivity contribution in [2.45, 2.75) is 6.92 Å². The third-order valence-electron chi connectivity index (χ3n) is 0.741. The van der Waals surface area contributed by atoms with Crippen molar-refractivity contribution in [2.75, 3.05) is 0 Å². The second-order valence-electron chi connectivity index (χ2n) is 2.75. The van der Waals surface area contributed by atoms with E-state index in [2.05, 4.69) is 20.4 Å². The fraction of sp³-hybridized carbons (Fsp3) is 0.200. The number of nitrogens with two attached hydrogens (primary N) is 4. The third kappa shape index (κ3) is 42.9. The van der Waals surface area contributed by atoms with E-state index in [9.17, 15) is 0 Å². The Hall–Kier alpha value is 0.243. The van der Waals surface area contributed by atoms with E-state index in [0.29, 0.717) is 5.71 Å². The fourth-order valence-electron chi connectivity index (χ4n) is 0.342. The van der Waals surface area contributed by atoms with Crippen LogP contribution in [0.3, 0.4) is 0 Å². The fourth-order valence-corrected chi connectivity index (χ4v) is 0.342. The van der Waals surface area contributed by atoms with Crippen LogP contribution in [0.1, 0.15) is 6.92 Å². The van der Waals surface area contributed by atoms with E-state index in [-0.39, 0.29) is 11.9 Å². The molecule has 0 saturated carbocycles. The molecule has 0 bridgehead atoms. The van der Waals surface area contributed by atoms with Gasteiger partial charge in [0, 0.05) is 0 Å². The summed E-state index contributed by atoms with van der Waals surface area (Å²) in [5.74, 6) is -0.263. The van der Waals surface area contributed by atoms with Crippen LogP contribution in [0, 0.1) is 0 Å². The van der Waals surface area contributed by atoms with Gasteiger partial charge < -0.3 is 22.9 Å². The molecule has 0 spiro atoms. The number of guanidine groups is 2. The Morgan fingerprint density at radius 2 is 1.15 bits per heavy atom. The summed E-state index contributed by atoms with van der Waals surface area (Å²) in [5, 5.41) is 13.8. The van der Waals surface area contributed by atoms with E-state index in [1.165, 1.54) is 6.21 Å². The summed E-state index contributed by atoms with van der Waals surface area (Å²) in [7, 11) is 30.2. The van der Waals surface area contributed by atoms with Crippen LogP contribution in [-0.2, 0) is 6.48 Å². The monoisotopic (exact) mass is 497 g/mol. The standard InChI is InChI=1S/C5H12N8.6ClH.Rh/c1-3(11-13-5(8)9)2-10-12-4(6)7;;;;;;;/h2H,1H3,(H4,6,7,12)(H4,8,9,13);6*1H;/q;;;;;;;+6/p-6/b10-2+,11-3+;;;;;;;. The summed E-state index contributed by atoms with van der Waals surface area (Å²) in [6, 6.07) is 0. The molecule has 0 atom stereocenters. The van der Waals surface area contributed by atoms with Crippen LogP contribution in [0.15, 0.2) is 20.4 Å². The quantitative estimate of drug-likeness (QED) is 0.203. The first-order valence-corrected chi connectivity index (χ1v) is 16.7. The van der Waals surface area contributed by atoms with Crippen LogP contribution >= 0.6 is 58.1 Å². The van der Waals surface area contributed by atoms with Gasteiger partial charge >= 0.3 is 64.6 Å². The first-order chi connectivity index (χ1) is 8.47. The first kappa shape index (κ1) is 22.5. The average Bonchev–Trinajstić information content (AvgIpc) is 2.08. The van der Waals surface area contributed by atoms with Gasteiger partial charge in [-0.1, -0.05) is 0 Å². The summed E-state index contributed by atoms with van der Waals surface area (Å²) in [6.45, 7) is -3.51. The van der Waals surface area contributed by atoms with Gasteiger partial charge in [0.25, 0.3) is 0 Å². The third-order valence-corrected chi connectivity index (χ3v) is 0.741. The molecule has 0 saturated heterocycles. The van der Waals surface area contributed by atoms with Crippen molar-refractivity contribution in [3.63, 3.8) is 0 Å². The molecule has 0 aromatic carbocycles. The zero-order valence-electron chi connectivity index (χ0n) is 9.78. The molecule has 0 aromatic rings. The molecular formula is C5H12Cl6N8Rh. The summed E-state index contributed by atoms with van der Waals surface area (Å²) >= 11 is 0. The number of hydrogen-bond donors (Lipinski definition) is 4. The van der Waals surface area contributed by atoms with Crippen LogP contribution in [0.2, 0.25) is 0 Å². The van der Waals surface area contributed by atoms with Gasteiger partial charge in [0.05, 0.1) is 11.9 Å². The van der Waals surface area contributed by atoms with E-state index in [0.717, 1.165) is 0 Å². The van der Waals surface area contributed by atoms with Crippen molar-refractivity contribution >= 4 is 82.0 Å². The number of halogens is 6. The predicted molar refractivity (Wildman–Crippen MR) is 88.3 cm³/mol. The molecule has 0 unspecified atom stereocenters. The van der Waals surface area contributed by atoms with Gasteiger partial charge in [0.2, 0.25) is 11.9 Å². The summed E-state index contributed by atoms with van der Waals surface area (Å²) in [4.78, 5) is 0. The minimum absolute atomic E-state index is 0.130.